The number of rotatable bonds is 6. The van der Waals surface area contributed by atoms with E-state index in [4.69, 9.17) is 0 Å². The fourth-order valence-corrected chi connectivity index (χ4v) is 2.41. The van der Waals surface area contributed by atoms with E-state index in [1.165, 1.54) is 0 Å². The number of allylic oxidation sites excluding steroid dienone is 1. The van der Waals surface area contributed by atoms with Crippen LogP contribution in [-0.2, 0) is 4.79 Å². The maximum Gasteiger partial charge on any atom is 0.224 e. The lowest BCUT2D eigenvalue weighted by atomic mass is 10.1. The van der Waals surface area contributed by atoms with Crippen molar-refractivity contribution in [2.45, 2.75) is 20.3 Å². The zero-order valence-corrected chi connectivity index (χ0v) is 15.3. The SMILES string of the molecule is CC(C)CC(=O)Nc1ccc(/C=C\C(=O)c2ccc(Br)cc2)cc1. The Balaban J connectivity index is 1.97. The van der Waals surface area contributed by atoms with Crippen molar-refractivity contribution in [2.24, 2.45) is 5.92 Å². The van der Waals surface area contributed by atoms with Crippen molar-refractivity contribution in [2.75, 3.05) is 5.32 Å². The van der Waals surface area contributed by atoms with Gasteiger partial charge in [0.2, 0.25) is 5.91 Å². The number of carbonyl (C=O) groups is 2. The lowest BCUT2D eigenvalue weighted by Gasteiger charge is -2.07. The molecule has 2 aromatic carbocycles. The molecule has 0 aromatic heterocycles. The third kappa shape index (κ3) is 5.78. The summed E-state index contributed by atoms with van der Waals surface area (Å²) in [5.74, 6) is 0.298. The van der Waals surface area contributed by atoms with Gasteiger partial charge in [0.15, 0.2) is 5.78 Å². The Labute approximate surface area is 150 Å². The summed E-state index contributed by atoms with van der Waals surface area (Å²) in [6.07, 6.45) is 3.82. The zero-order chi connectivity index (χ0) is 17.5. The van der Waals surface area contributed by atoms with Gasteiger partial charge in [-0.15, -0.1) is 0 Å². The van der Waals surface area contributed by atoms with E-state index in [0.29, 0.717) is 17.9 Å². The van der Waals surface area contributed by atoms with Crippen molar-refractivity contribution < 1.29 is 9.59 Å². The van der Waals surface area contributed by atoms with Crippen LogP contribution in [0.25, 0.3) is 6.08 Å². The molecule has 0 unspecified atom stereocenters. The van der Waals surface area contributed by atoms with E-state index in [2.05, 4.69) is 21.2 Å². The van der Waals surface area contributed by atoms with Crippen molar-refractivity contribution in [3.8, 4) is 0 Å². The quantitative estimate of drug-likeness (QED) is 0.539. The van der Waals surface area contributed by atoms with Gasteiger partial charge in [-0.3, -0.25) is 9.59 Å². The number of benzene rings is 2. The van der Waals surface area contributed by atoms with Crippen molar-refractivity contribution >= 4 is 39.4 Å². The van der Waals surface area contributed by atoms with Gasteiger partial charge in [-0.05, 0) is 54.0 Å². The van der Waals surface area contributed by atoms with Crippen LogP contribution in [0.3, 0.4) is 0 Å². The maximum absolute atomic E-state index is 12.1. The average Bonchev–Trinajstić information content (AvgIpc) is 2.54. The van der Waals surface area contributed by atoms with Gasteiger partial charge in [0.05, 0.1) is 0 Å². The summed E-state index contributed by atoms with van der Waals surface area (Å²) in [6.45, 7) is 4.02. The number of ketones is 1. The first-order valence-corrected chi connectivity index (χ1v) is 8.61. The van der Waals surface area contributed by atoms with Gasteiger partial charge in [-0.1, -0.05) is 48.0 Å². The van der Waals surface area contributed by atoms with Crippen molar-refractivity contribution in [1.82, 2.24) is 0 Å². The summed E-state index contributed by atoms with van der Waals surface area (Å²) in [5.41, 5.74) is 2.31. The van der Waals surface area contributed by atoms with Crippen molar-refractivity contribution in [3.63, 3.8) is 0 Å². The number of anilines is 1. The summed E-state index contributed by atoms with van der Waals surface area (Å²) in [4.78, 5) is 23.8. The summed E-state index contributed by atoms with van der Waals surface area (Å²) < 4.78 is 0.943. The molecule has 0 atom stereocenters. The lowest BCUT2D eigenvalue weighted by molar-refractivity contribution is -0.116. The van der Waals surface area contributed by atoms with E-state index in [1.54, 1.807) is 24.3 Å². The van der Waals surface area contributed by atoms with Gasteiger partial charge < -0.3 is 5.32 Å². The molecule has 0 heterocycles. The van der Waals surface area contributed by atoms with Gasteiger partial charge in [0.25, 0.3) is 0 Å². The number of hydrogen-bond donors (Lipinski definition) is 1. The first-order valence-electron chi connectivity index (χ1n) is 7.82. The van der Waals surface area contributed by atoms with Crippen LogP contribution in [0.2, 0.25) is 0 Å². The Morgan fingerprint density at radius 3 is 2.25 bits per heavy atom. The molecule has 0 aliphatic rings. The van der Waals surface area contributed by atoms with Crippen molar-refractivity contribution in [3.05, 3.63) is 70.2 Å². The van der Waals surface area contributed by atoms with Crippen LogP contribution in [0.15, 0.2) is 59.1 Å². The van der Waals surface area contributed by atoms with E-state index < -0.39 is 0 Å². The van der Waals surface area contributed by atoms with E-state index in [9.17, 15) is 9.59 Å². The summed E-state index contributed by atoms with van der Waals surface area (Å²) in [7, 11) is 0. The molecule has 1 amide bonds. The molecule has 0 fully saturated rings. The molecular formula is C20H20BrNO2. The normalized spacial score (nSPS) is 11.0. The molecule has 4 heteroatoms. The fraction of sp³-hybridized carbons (Fsp3) is 0.200. The predicted molar refractivity (Wildman–Crippen MR) is 102 cm³/mol. The molecule has 2 rings (SSSR count). The van der Waals surface area contributed by atoms with Crippen LogP contribution >= 0.6 is 15.9 Å². The molecule has 124 valence electrons. The predicted octanol–water partition coefficient (Wildman–Crippen LogP) is 5.33. The van der Waals surface area contributed by atoms with Gasteiger partial charge in [-0.2, -0.15) is 0 Å². The average molecular weight is 386 g/mol. The molecule has 0 aliphatic heterocycles. The van der Waals surface area contributed by atoms with Gasteiger partial charge >= 0.3 is 0 Å². The highest BCUT2D eigenvalue weighted by Gasteiger charge is 2.05. The second-order valence-electron chi connectivity index (χ2n) is 5.97. The molecule has 2 aromatic rings. The Kier molecular flexibility index (Phi) is 6.50. The van der Waals surface area contributed by atoms with E-state index in [0.717, 1.165) is 15.7 Å². The van der Waals surface area contributed by atoms with Gasteiger partial charge in [0, 0.05) is 22.1 Å². The van der Waals surface area contributed by atoms with Crippen LogP contribution in [0.1, 0.15) is 36.2 Å². The first-order chi connectivity index (χ1) is 11.4. The van der Waals surface area contributed by atoms with Crippen LogP contribution < -0.4 is 5.32 Å². The van der Waals surface area contributed by atoms with E-state index in [-0.39, 0.29) is 11.7 Å². The Morgan fingerprint density at radius 1 is 1.04 bits per heavy atom. The Hall–Kier alpha value is -2.20. The highest BCUT2D eigenvalue weighted by atomic mass is 79.9. The highest BCUT2D eigenvalue weighted by molar-refractivity contribution is 9.10. The largest absolute Gasteiger partial charge is 0.326 e. The lowest BCUT2D eigenvalue weighted by Crippen LogP contribution is -2.13. The first kappa shape index (κ1) is 18.1. The van der Waals surface area contributed by atoms with Crippen LogP contribution in [0, 0.1) is 5.92 Å². The molecule has 1 N–H and O–H groups in total. The number of halogens is 1. The minimum atomic E-state index is -0.0446. The molecule has 3 nitrogen and oxygen atoms in total. The summed E-state index contributed by atoms with van der Waals surface area (Å²) in [6, 6.07) is 14.7. The van der Waals surface area contributed by atoms with Crippen LogP contribution in [0.5, 0.6) is 0 Å². The van der Waals surface area contributed by atoms with Gasteiger partial charge in [0.1, 0.15) is 0 Å². The summed E-state index contributed by atoms with van der Waals surface area (Å²) >= 11 is 3.35. The second kappa shape index (κ2) is 8.60. The number of hydrogen-bond acceptors (Lipinski definition) is 2. The standard InChI is InChI=1S/C20H20BrNO2/c1-14(2)13-20(24)22-18-10-3-15(4-11-18)5-12-19(23)16-6-8-17(21)9-7-16/h3-12,14H,13H2,1-2H3,(H,22,24)/b12-5-. The molecule has 0 saturated heterocycles. The maximum atomic E-state index is 12.1. The summed E-state index contributed by atoms with van der Waals surface area (Å²) in [5, 5.41) is 2.86. The smallest absolute Gasteiger partial charge is 0.224 e. The molecular weight excluding hydrogens is 366 g/mol. The fourth-order valence-electron chi connectivity index (χ4n) is 2.14. The molecule has 0 saturated carbocycles. The highest BCUT2D eigenvalue weighted by Crippen LogP contribution is 2.14. The minimum Gasteiger partial charge on any atom is -0.326 e. The molecule has 24 heavy (non-hydrogen) atoms. The number of nitrogens with one attached hydrogen (secondary N) is 1. The molecule has 0 radical (unpaired) electrons. The topological polar surface area (TPSA) is 46.2 Å². The van der Waals surface area contributed by atoms with Crippen molar-refractivity contribution in [1.29, 1.82) is 0 Å². The monoisotopic (exact) mass is 385 g/mol. The van der Waals surface area contributed by atoms with Gasteiger partial charge in [-0.25, -0.2) is 0 Å². The number of amides is 1. The molecule has 0 spiro atoms. The van der Waals surface area contributed by atoms with Crippen LogP contribution in [0.4, 0.5) is 5.69 Å². The van der Waals surface area contributed by atoms with Crippen LogP contribution in [-0.4, -0.2) is 11.7 Å². The molecule has 0 bridgehead atoms. The third-order valence-corrected chi connectivity index (χ3v) is 3.87. The minimum absolute atomic E-state index is 0.0127. The second-order valence-corrected chi connectivity index (χ2v) is 6.89. The zero-order valence-electron chi connectivity index (χ0n) is 13.8. The third-order valence-electron chi connectivity index (χ3n) is 3.34. The molecule has 0 aliphatic carbocycles. The Bertz CT molecular complexity index is 731. The number of carbonyl (C=O) groups excluding carboxylic acids is 2. The Morgan fingerprint density at radius 2 is 1.67 bits per heavy atom. The van der Waals surface area contributed by atoms with E-state index >= 15 is 0 Å². The van der Waals surface area contributed by atoms with E-state index in [1.807, 2.05) is 50.2 Å².